The molecule has 0 N–H and O–H groups in total. The molecule has 7 aromatic carbocycles. The third-order valence-electron chi connectivity index (χ3n) is 9.96. The third kappa shape index (κ3) is 4.14. The summed E-state index contributed by atoms with van der Waals surface area (Å²) in [4.78, 5) is 15.5. The number of para-hydroxylation sites is 3. The van der Waals surface area contributed by atoms with E-state index in [0.29, 0.717) is 17.6 Å². The van der Waals surface area contributed by atoms with Crippen molar-refractivity contribution in [2.24, 2.45) is 0 Å². The third-order valence-corrected chi connectivity index (χ3v) is 9.96. The summed E-state index contributed by atoms with van der Waals surface area (Å²) in [5.41, 5.74) is 8.78. The van der Waals surface area contributed by atoms with Gasteiger partial charge in [-0.05, 0) is 30.3 Å². The zero-order valence-electron chi connectivity index (χ0n) is 27.2. The van der Waals surface area contributed by atoms with Gasteiger partial charge in [0.1, 0.15) is 11.2 Å². The van der Waals surface area contributed by atoms with Gasteiger partial charge in [0.25, 0.3) is 0 Å². The Morgan fingerprint density at radius 1 is 0.373 bits per heavy atom. The number of hydrogen-bond acceptors (Lipinski definition) is 4. The van der Waals surface area contributed by atoms with Crippen LogP contribution in [0.5, 0.6) is 0 Å². The molecule has 0 radical (unpaired) electrons. The minimum atomic E-state index is 0.538. The van der Waals surface area contributed by atoms with Crippen molar-refractivity contribution in [2.75, 3.05) is 0 Å². The lowest BCUT2D eigenvalue weighted by Crippen LogP contribution is -2.07. The lowest BCUT2D eigenvalue weighted by atomic mass is 10.1. The minimum Gasteiger partial charge on any atom is -0.456 e. The Morgan fingerprint density at radius 3 is 1.65 bits per heavy atom. The molecule has 0 aliphatic rings. The van der Waals surface area contributed by atoms with Gasteiger partial charge in [-0.15, -0.1) is 0 Å². The minimum absolute atomic E-state index is 0.538. The number of fused-ring (bicyclic) bond motifs is 10. The van der Waals surface area contributed by atoms with E-state index in [2.05, 4.69) is 100 Å². The van der Waals surface area contributed by atoms with E-state index in [9.17, 15) is 0 Å². The van der Waals surface area contributed by atoms with Crippen molar-refractivity contribution < 1.29 is 4.42 Å². The molecule has 0 bridgehead atoms. The maximum absolute atomic E-state index is 6.49. The van der Waals surface area contributed by atoms with Crippen molar-refractivity contribution in [3.8, 4) is 34.4 Å². The molecule has 0 saturated heterocycles. The van der Waals surface area contributed by atoms with E-state index in [-0.39, 0.29) is 0 Å². The molecule has 51 heavy (non-hydrogen) atoms. The molecule has 11 aromatic rings. The first kappa shape index (κ1) is 27.9. The van der Waals surface area contributed by atoms with E-state index in [1.165, 1.54) is 5.39 Å². The normalized spacial score (nSPS) is 11.9. The first-order chi connectivity index (χ1) is 25.3. The van der Waals surface area contributed by atoms with E-state index in [1.807, 2.05) is 72.8 Å². The summed E-state index contributed by atoms with van der Waals surface area (Å²) in [6.45, 7) is 0. The Morgan fingerprint density at radius 2 is 0.941 bits per heavy atom. The molecular weight excluding hydrogens is 627 g/mol. The standard InChI is InChI=1S/C45H27N5O/c1-4-14-28(15-5-1)43-46-44(29-16-6-2-7-17-29)48-45(47-43)50-38-27-40-36(32-21-11-13-23-39(32)51-40)26-35(38)34-25-24-33-31-20-10-12-22-37(31)49(41(33)42(34)50)30-18-8-3-9-19-30/h1-27H. The molecule has 0 unspecified atom stereocenters. The number of benzene rings is 7. The van der Waals surface area contributed by atoms with Crippen LogP contribution in [-0.2, 0) is 0 Å². The van der Waals surface area contributed by atoms with Crippen LogP contribution in [-0.4, -0.2) is 24.1 Å². The average Bonchev–Trinajstić information content (AvgIpc) is 3.85. The largest absolute Gasteiger partial charge is 0.456 e. The summed E-state index contributed by atoms with van der Waals surface area (Å²) >= 11 is 0. The van der Waals surface area contributed by atoms with E-state index in [0.717, 1.165) is 77.0 Å². The van der Waals surface area contributed by atoms with Gasteiger partial charge in [-0.1, -0.05) is 127 Å². The molecule has 0 aliphatic heterocycles. The van der Waals surface area contributed by atoms with Gasteiger partial charge in [0.2, 0.25) is 5.95 Å². The summed E-state index contributed by atoms with van der Waals surface area (Å²) in [5.74, 6) is 1.75. The highest BCUT2D eigenvalue weighted by molar-refractivity contribution is 6.25. The quantitative estimate of drug-likeness (QED) is 0.190. The van der Waals surface area contributed by atoms with Crippen LogP contribution in [0, 0.1) is 0 Å². The first-order valence-electron chi connectivity index (χ1n) is 17.0. The molecule has 4 heterocycles. The fourth-order valence-corrected chi connectivity index (χ4v) is 7.72. The van der Waals surface area contributed by atoms with Crippen LogP contribution >= 0.6 is 0 Å². The number of aromatic nitrogens is 5. The molecule has 0 aliphatic carbocycles. The number of nitrogens with zero attached hydrogens (tertiary/aromatic N) is 5. The van der Waals surface area contributed by atoms with Gasteiger partial charge in [-0.2, -0.15) is 9.97 Å². The van der Waals surface area contributed by atoms with Crippen molar-refractivity contribution >= 4 is 65.6 Å². The lowest BCUT2D eigenvalue weighted by Gasteiger charge is -2.13. The molecule has 6 heteroatoms. The Balaban J connectivity index is 1.36. The fourth-order valence-electron chi connectivity index (χ4n) is 7.72. The SMILES string of the molecule is c1ccc(-c2nc(-c3ccccc3)nc(-n3c4cc5oc6ccccc6c5cc4c4ccc5c6ccccc6n(-c6ccccc6)c5c43)n2)cc1. The molecule has 11 rings (SSSR count). The number of rotatable bonds is 4. The maximum Gasteiger partial charge on any atom is 0.238 e. The molecule has 238 valence electrons. The van der Waals surface area contributed by atoms with Crippen LogP contribution in [0.1, 0.15) is 0 Å². The van der Waals surface area contributed by atoms with E-state index >= 15 is 0 Å². The lowest BCUT2D eigenvalue weighted by molar-refractivity contribution is 0.669. The van der Waals surface area contributed by atoms with Gasteiger partial charge in [-0.25, -0.2) is 4.98 Å². The molecule has 0 amide bonds. The highest BCUT2D eigenvalue weighted by atomic mass is 16.3. The Bertz CT molecular complexity index is 3060. The van der Waals surface area contributed by atoms with Crippen molar-refractivity contribution in [3.05, 3.63) is 164 Å². The maximum atomic E-state index is 6.49. The topological polar surface area (TPSA) is 61.7 Å². The van der Waals surface area contributed by atoms with Crippen LogP contribution in [0.25, 0.3) is 100.0 Å². The predicted molar refractivity (Wildman–Crippen MR) is 207 cm³/mol. The molecule has 0 saturated carbocycles. The monoisotopic (exact) mass is 653 g/mol. The highest BCUT2D eigenvalue weighted by Gasteiger charge is 2.24. The zero-order chi connectivity index (χ0) is 33.5. The second-order valence-corrected chi connectivity index (χ2v) is 12.9. The molecule has 0 atom stereocenters. The Labute approximate surface area is 291 Å². The van der Waals surface area contributed by atoms with E-state index in [1.54, 1.807) is 0 Å². The zero-order valence-corrected chi connectivity index (χ0v) is 27.2. The van der Waals surface area contributed by atoms with E-state index < -0.39 is 0 Å². The van der Waals surface area contributed by atoms with Crippen LogP contribution in [0.4, 0.5) is 0 Å². The van der Waals surface area contributed by atoms with Crippen molar-refractivity contribution in [3.63, 3.8) is 0 Å². The second-order valence-electron chi connectivity index (χ2n) is 12.9. The first-order valence-corrected chi connectivity index (χ1v) is 17.0. The van der Waals surface area contributed by atoms with Crippen LogP contribution in [0.2, 0.25) is 0 Å². The predicted octanol–water partition coefficient (Wildman–Crippen LogP) is 11.3. The average molecular weight is 654 g/mol. The second kappa shape index (κ2) is 10.7. The number of hydrogen-bond donors (Lipinski definition) is 0. The number of furan rings is 1. The van der Waals surface area contributed by atoms with Crippen LogP contribution < -0.4 is 0 Å². The summed E-state index contributed by atoms with van der Waals surface area (Å²) < 4.78 is 11.1. The molecule has 0 spiro atoms. The Kier molecular flexibility index (Phi) is 5.86. The van der Waals surface area contributed by atoms with Crippen molar-refractivity contribution in [1.82, 2.24) is 24.1 Å². The van der Waals surface area contributed by atoms with Crippen molar-refractivity contribution in [2.45, 2.75) is 0 Å². The summed E-state index contributed by atoms with van der Waals surface area (Å²) in [6.07, 6.45) is 0. The summed E-state index contributed by atoms with van der Waals surface area (Å²) in [6, 6.07) is 56.6. The molecule has 4 aromatic heterocycles. The van der Waals surface area contributed by atoms with Gasteiger partial charge >= 0.3 is 0 Å². The van der Waals surface area contributed by atoms with Gasteiger partial charge in [0.05, 0.1) is 22.1 Å². The molecule has 0 fully saturated rings. The van der Waals surface area contributed by atoms with E-state index in [4.69, 9.17) is 19.4 Å². The van der Waals surface area contributed by atoms with Crippen molar-refractivity contribution in [1.29, 1.82) is 0 Å². The summed E-state index contributed by atoms with van der Waals surface area (Å²) in [7, 11) is 0. The highest BCUT2D eigenvalue weighted by Crippen LogP contribution is 2.43. The fraction of sp³-hybridized carbons (Fsp3) is 0. The smallest absolute Gasteiger partial charge is 0.238 e. The van der Waals surface area contributed by atoms with Gasteiger partial charge in [0, 0.05) is 55.2 Å². The van der Waals surface area contributed by atoms with Crippen LogP contribution in [0.3, 0.4) is 0 Å². The molecule has 6 nitrogen and oxygen atoms in total. The summed E-state index contributed by atoms with van der Waals surface area (Å²) in [5, 5.41) is 6.70. The van der Waals surface area contributed by atoms with Gasteiger partial charge in [0.15, 0.2) is 11.6 Å². The molecular formula is C45H27N5O. The van der Waals surface area contributed by atoms with Gasteiger partial charge in [-0.3, -0.25) is 4.57 Å². The van der Waals surface area contributed by atoms with Crippen LogP contribution in [0.15, 0.2) is 168 Å². The van der Waals surface area contributed by atoms with Gasteiger partial charge < -0.3 is 8.98 Å². The Hall–Kier alpha value is -7.05.